The molecule has 0 fully saturated rings. The Hall–Kier alpha value is -2.14. The molecule has 1 aromatic carbocycles. The van der Waals surface area contributed by atoms with Gasteiger partial charge in [-0.15, -0.1) is 0 Å². The number of carbonyl (C=O) groups is 1. The molecule has 5 nitrogen and oxygen atoms in total. The predicted octanol–water partition coefficient (Wildman–Crippen LogP) is 1.43. The number of fused-ring (bicyclic) bond motifs is 1. The second-order valence-corrected chi connectivity index (χ2v) is 5.01. The third kappa shape index (κ3) is 2.88. The number of amides is 1. The van der Waals surface area contributed by atoms with E-state index in [0.717, 1.165) is 10.9 Å². The van der Waals surface area contributed by atoms with E-state index < -0.39 is 5.91 Å². The average Bonchev–Trinajstić information content (AvgIpc) is 2.42. The molecule has 0 unspecified atom stereocenters. The Balaban J connectivity index is 2.57. The fourth-order valence-electron chi connectivity index (χ4n) is 2.18. The van der Waals surface area contributed by atoms with E-state index in [1.165, 1.54) is 0 Å². The molecule has 0 saturated carbocycles. The lowest BCUT2D eigenvalue weighted by molar-refractivity contribution is -0.116. The molecule has 0 spiro atoms. The van der Waals surface area contributed by atoms with Crippen LogP contribution in [-0.4, -0.2) is 28.6 Å². The summed E-state index contributed by atoms with van der Waals surface area (Å²) in [6.45, 7) is 3.87. The van der Waals surface area contributed by atoms with Gasteiger partial charge in [0.05, 0.1) is 18.7 Å². The summed E-state index contributed by atoms with van der Waals surface area (Å²) in [7, 11) is 0. The molecule has 0 radical (unpaired) electrons. The average molecular weight is 273 g/mol. The largest absolute Gasteiger partial charge is 0.392 e. The van der Waals surface area contributed by atoms with Crippen molar-refractivity contribution < 1.29 is 9.90 Å². The van der Waals surface area contributed by atoms with Crippen LogP contribution >= 0.6 is 0 Å². The van der Waals surface area contributed by atoms with Crippen molar-refractivity contribution in [2.75, 3.05) is 11.4 Å². The summed E-state index contributed by atoms with van der Waals surface area (Å²) < 4.78 is 0. The van der Waals surface area contributed by atoms with E-state index in [1.807, 2.05) is 44.2 Å². The van der Waals surface area contributed by atoms with Crippen LogP contribution in [0.1, 0.15) is 19.4 Å². The number of carbonyl (C=O) groups excluding carboxylic acids is 1. The molecule has 0 aliphatic carbocycles. The summed E-state index contributed by atoms with van der Waals surface area (Å²) in [5, 5.41) is 10.5. The zero-order chi connectivity index (χ0) is 14.7. The van der Waals surface area contributed by atoms with E-state index in [9.17, 15) is 9.90 Å². The van der Waals surface area contributed by atoms with Crippen LogP contribution in [0.25, 0.3) is 10.9 Å². The maximum Gasteiger partial charge on any atom is 0.237 e. The summed E-state index contributed by atoms with van der Waals surface area (Å²) in [4.78, 5) is 17.6. The van der Waals surface area contributed by atoms with Gasteiger partial charge < -0.3 is 15.7 Å². The molecular formula is C15H19N3O2. The van der Waals surface area contributed by atoms with Crippen LogP contribution in [0.3, 0.4) is 0 Å². The number of para-hydroxylation sites is 1. The minimum absolute atomic E-state index is 0.0569. The van der Waals surface area contributed by atoms with Gasteiger partial charge in [-0.25, -0.2) is 4.98 Å². The maximum absolute atomic E-state index is 11.2. The van der Waals surface area contributed by atoms with Crippen molar-refractivity contribution in [3.8, 4) is 0 Å². The molecule has 0 atom stereocenters. The highest BCUT2D eigenvalue weighted by Crippen LogP contribution is 2.25. The number of anilines is 1. The Labute approximate surface area is 118 Å². The second-order valence-electron chi connectivity index (χ2n) is 5.01. The number of benzene rings is 1. The van der Waals surface area contributed by atoms with E-state index in [4.69, 9.17) is 5.73 Å². The number of aliphatic hydroxyl groups is 1. The number of nitrogens with zero attached hydrogens (tertiary/aromatic N) is 2. The normalized spacial score (nSPS) is 11.0. The molecule has 0 aliphatic heterocycles. The Morgan fingerprint density at radius 2 is 2.10 bits per heavy atom. The summed E-state index contributed by atoms with van der Waals surface area (Å²) >= 11 is 0. The maximum atomic E-state index is 11.2. The lowest BCUT2D eigenvalue weighted by Gasteiger charge is -2.28. The van der Waals surface area contributed by atoms with Crippen molar-refractivity contribution in [3.63, 3.8) is 0 Å². The van der Waals surface area contributed by atoms with E-state index in [0.29, 0.717) is 11.4 Å². The van der Waals surface area contributed by atoms with Gasteiger partial charge in [-0.3, -0.25) is 4.79 Å². The van der Waals surface area contributed by atoms with E-state index in [1.54, 1.807) is 4.90 Å². The van der Waals surface area contributed by atoms with Gasteiger partial charge in [0, 0.05) is 17.0 Å². The Morgan fingerprint density at radius 3 is 2.70 bits per heavy atom. The standard InChI is InChI=1S/C15H19N3O2/c1-10(2)18(8-14(16)20)15-12(9-19)7-11-5-3-4-6-13(11)17-15/h3-7,10,19H,8-9H2,1-2H3,(H2,16,20). The first-order valence-electron chi connectivity index (χ1n) is 6.57. The number of aromatic nitrogens is 1. The van der Waals surface area contributed by atoms with E-state index >= 15 is 0 Å². The smallest absolute Gasteiger partial charge is 0.237 e. The topological polar surface area (TPSA) is 79.5 Å². The monoisotopic (exact) mass is 273 g/mol. The van der Waals surface area contributed by atoms with Crippen molar-refractivity contribution in [3.05, 3.63) is 35.9 Å². The first kappa shape index (κ1) is 14.3. The lowest BCUT2D eigenvalue weighted by atomic mass is 10.1. The van der Waals surface area contributed by atoms with Gasteiger partial charge in [0.25, 0.3) is 0 Å². The Kier molecular flexibility index (Phi) is 4.20. The molecule has 106 valence electrons. The summed E-state index contributed by atoms with van der Waals surface area (Å²) in [6.07, 6.45) is 0. The predicted molar refractivity (Wildman–Crippen MR) is 79.3 cm³/mol. The Bertz CT molecular complexity index is 626. The zero-order valence-corrected chi connectivity index (χ0v) is 11.7. The minimum Gasteiger partial charge on any atom is -0.392 e. The van der Waals surface area contributed by atoms with Crippen molar-refractivity contribution in [2.24, 2.45) is 5.73 Å². The molecule has 1 aromatic heterocycles. The van der Waals surface area contributed by atoms with Crippen LogP contribution in [0.5, 0.6) is 0 Å². The highest BCUT2D eigenvalue weighted by Gasteiger charge is 2.18. The van der Waals surface area contributed by atoms with Crippen molar-refractivity contribution in [1.82, 2.24) is 4.98 Å². The number of hydrogen-bond acceptors (Lipinski definition) is 4. The molecule has 0 bridgehead atoms. The highest BCUT2D eigenvalue weighted by atomic mass is 16.3. The van der Waals surface area contributed by atoms with Crippen molar-refractivity contribution >= 4 is 22.6 Å². The SMILES string of the molecule is CC(C)N(CC(N)=O)c1nc2ccccc2cc1CO. The molecule has 5 heteroatoms. The van der Waals surface area contributed by atoms with Crippen LogP contribution in [0, 0.1) is 0 Å². The minimum atomic E-state index is -0.419. The number of rotatable bonds is 5. The zero-order valence-electron chi connectivity index (χ0n) is 11.7. The van der Waals surface area contributed by atoms with E-state index in [2.05, 4.69) is 4.98 Å². The lowest BCUT2D eigenvalue weighted by Crippen LogP contribution is -2.39. The van der Waals surface area contributed by atoms with Crippen LogP contribution < -0.4 is 10.6 Å². The third-order valence-corrected chi connectivity index (χ3v) is 3.17. The summed E-state index contributed by atoms with van der Waals surface area (Å²) in [5.41, 5.74) is 6.82. The van der Waals surface area contributed by atoms with Gasteiger partial charge >= 0.3 is 0 Å². The van der Waals surface area contributed by atoms with Crippen LogP contribution in [-0.2, 0) is 11.4 Å². The van der Waals surface area contributed by atoms with Gasteiger partial charge in [0.2, 0.25) is 5.91 Å². The summed E-state index contributed by atoms with van der Waals surface area (Å²) in [6, 6.07) is 9.64. The Morgan fingerprint density at radius 1 is 1.40 bits per heavy atom. The molecule has 1 amide bonds. The molecule has 2 rings (SSSR count). The number of hydrogen-bond donors (Lipinski definition) is 2. The van der Waals surface area contributed by atoms with E-state index in [-0.39, 0.29) is 19.2 Å². The fraction of sp³-hybridized carbons (Fsp3) is 0.333. The van der Waals surface area contributed by atoms with Crippen molar-refractivity contribution in [1.29, 1.82) is 0 Å². The number of pyridine rings is 1. The quantitative estimate of drug-likeness (QED) is 0.863. The molecule has 0 saturated heterocycles. The first-order chi connectivity index (χ1) is 9.52. The molecular weight excluding hydrogens is 254 g/mol. The number of aliphatic hydroxyl groups excluding tert-OH is 1. The van der Waals surface area contributed by atoms with Crippen LogP contribution in [0.2, 0.25) is 0 Å². The van der Waals surface area contributed by atoms with Gasteiger partial charge in [0.15, 0.2) is 0 Å². The van der Waals surface area contributed by atoms with Crippen molar-refractivity contribution in [2.45, 2.75) is 26.5 Å². The van der Waals surface area contributed by atoms with Gasteiger partial charge in [0.1, 0.15) is 5.82 Å². The first-order valence-corrected chi connectivity index (χ1v) is 6.57. The molecule has 3 N–H and O–H groups in total. The van der Waals surface area contributed by atoms with Gasteiger partial charge in [-0.05, 0) is 26.0 Å². The fourth-order valence-corrected chi connectivity index (χ4v) is 2.18. The third-order valence-electron chi connectivity index (χ3n) is 3.17. The van der Waals surface area contributed by atoms with Gasteiger partial charge in [-0.2, -0.15) is 0 Å². The molecule has 0 aliphatic rings. The summed E-state index contributed by atoms with van der Waals surface area (Å²) in [5.74, 6) is 0.192. The van der Waals surface area contributed by atoms with Crippen LogP contribution in [0.15, 0.2) is 30.3 Å². The molecule has 20 heavy (non-hydrogen) atoms. The number of nitrogens with two attached hydrogens (primary N) is 1. The number of primary amides is 1. The molecule has 1 heterocycles. The highest BCUT2D eigenvalue weighted by molar-refractivity contribution is 5.84. The molecule has 2 aromatic rings. The van der Waals surface area contributed by atoms with Crippen LogP contribution in [0.4, 0.5) is 5.82 Å². The van der Waals surface area contributed by atoms with Gasteiger partial charge in [-0.1, -0.05) is 18.2 Å². The second kappa shape index (κ2) is 5.88.